The number of rotatable bonds is 5. The highest BCUT2D eigenvalue weighted by Gasteiger charge is 2.06. The van der Waals surface area contributed by atoms with Gasteiger partial charge in [0.25, 0.3) is 0 Å². The van der Waals surface area contributed by atoms with Crippen LogP contribution in [0.3, 0.4) is 0 Å². The zero-order valence-corrected chi connectivity index (χ0v) is 11.0. The monoisotopic (exact) mass is 220 g/mol. The standard InChI is InChI=1S/C14H24N2/c1-11-9-13(7-5-6-8-15)14(16(3)4)10-12(11)2/h9-10H,5-8,15H2,1-4H3. The van der Waals surface area contributed by atoms with E-state index in [2.05, 4.69) is 45.0 Å². The molecule has 0 aliphatic heterocycles. The zero-order valence-electron chi connectivity index (χ0n) is 11.0. The van der Waals surface area contributed by atoms with Gasteiger partial charge < -0.3 is 10.6 Å². The van der Waals surface area contributed by atoms with Crippen molar-refractivity contribution in [1.82, 2.24) is 0 Å². The molecule has 2 N–H and O–H groups in total. The van der Waals surface area contributed by atoms with E-state index in [0.29, 0.717) is 0 Å². The van der Waals surface area contributed by atoms with Crippen LogP contribution in [-0.4, -0.2) is 20.6 Å². The third kappa shape index (κ3) is 3.24. The Morgan fingerprint density at radius 1 is 1.06 bits per heavy atom. The fourth-order valence-electron chi connectivity index (χ4n) is 1.94. The van der Waals surface area contributed by atoms with Crippen LogP contribution < -0.4 is 10.6 Å². The Morgan fingerprint density at radius 3 is 2.25 bits per heavy atom. The summed E-state index contributed by atoms with van der Waals surface area (Å²) in [4.78, 5) is 2.20. The molecule has 90 valence electrons. The second-order valence-electron chi connectivity index (χ2n) is 4.71. The molecule has 0 saturated carbocycles. The molecule has 0 bridgehead atoms. The topological polar surface area (TPSA) is 29.3 Å². The van der Waals surface area contributed by atoms with E-state index in [1.54, 1.807) is 0 Å². The van der Waals surface area contributed by atoms with Crippen LogP contribution in [0.1, 0.15) is 29.5 Å². The summed E-state index contributed by atoms with van der Waals surface area (Å²) in [6.07, 6.45) is 3.42. The normalized spacial score (nSPS) is 10.6. The lowest BCUT2D eigenvalue weighted by Crippen LogP contribution is -2.12. The Morgan fingerprint density at radius 2 is 1.69 bits per heavy atom. The van der Waals surface area contributed by atoms with Crippen LogP contribution in [0, 0.1) is 13.8 Å². The lowest BCUT2D eigenvalue weighted by Gasteiger charge is -2.19. The molecule has 0 unspecified atom stereocenters. The lowest BCUT2D eigenvalue weighted by atomic mass is 9.99. The average Bonchev–Trinajstić information content (AvgIpc) is 2.23. The first kappa shape index (κ1) is 13.0. The summed E-state index contributed by atoms with van der Waals surface area (Å²) in [6.45, 7) is 5.15. The van der Waals surface area contributed by atoms with Gasteiger partial charge in [0.1, 0.15) is 0 Å². The largest absolute Gasteiger partial charge is 0.377 e. The van der Waals surface area contributed by atoms with Crippen LogP contribution in [0.4, 0.5) is 5.69 Å². The second kappa shape index (κ2) is 5.90. The Labute approximate surface area is 99.5 Å². The Kier molecular flexibility index (Phi) is 4.81. The van der Waals surface area contributed by atoms with Gasteiger partial charge in [0.2, 0.25) is 0 Å². The summed E-state index contributed by atoms with van der Waals surface area (Å²) in [6, 6.07) is 4.61. The van der Waals surface area contributed by atoms with Gasteiger partial charge in [-0.05, 0) is 62.4 Å². The number of hydrogen-bond donors (Lipinski definition) is 1. The van der Waals surface area contributed by atoms with Crippen molar-refractivity contribution in [2.45, 2.75) is 33.1 Å². The molecule has 0 aromatic heterocycles. The smallest absolute Gasteiger partial charge is 0.0396 e. The van der Waals surface area contributed by atoms with Gasteiger partial charge in [-0.2, -0.15) is 0 Å². The second-order valence-corrected chi connectivity index (χ2v) is 4.71. The van der Waals surface area contributed by atoms with Crippen molar-refractivity contribution >= 4 is 5.69 Å². The van der Waals surface area contributed by atoms with Crippen LogP contribution in [0.5, 0.6) is 0 Å². The minimum Gasteiger partial charge on any atom is -0.377 e. The van der Waals surface area contributed by atoms with Crippen molar-refractivity contribution in [3.63, 3.8) is 0 Å². The molecule has 1 aromatic carbocycles. The maximum atomic E-state index is 5.53. The fourth-order valence-corrected chi connectivity index (χ4v) is 1.94. The van der Waals surface area contributed by atoms with E-state index in [4.69, 9.17) is 5.73 Å². The van der Waals surface area contributed by atoms with Crippen LogP contribution in [-0.2, 0) is 6.42 Å². The highest BCUT2D eigenvalue weighted by atomic mass is 15.1. The minimum absolute atomic E-state index is 0.794. The molecule has 0 atom stereocenters. The predicted octanol–water partition coefficient (Wildman–Crippen LogP) is 2.65. The molecule has 0 aliphatic carbocycles. The number of anilines is 1. The van der Waals surface area contributed by atoms with E-state index in [1.807, 2.05) is 0 Å². The van der Waals surface area contributed by atoms with Crippen molar-refractivity contribution in [1.29, 1.82) is 0 Å². The molecule has 0 saturated heterocycles. The fraction of sp³-hybridized carbons (Fsp3) is 0.571. The quantitative estimate of drug-likeness (QED) is 0.773. The van der Waals surface area contributed by atoms with Crippen molar-refractivity contribution < 1.29 is 0 Å². The third-order valence-electron chi connectivity index (χ3n) is 3.08. The first-order valence-electron chi connectivity index (χ1n) is 6.03. The van der Waals surface area contributed by atoms with Gasteiger partial charge in [0, 0.05) is 19.8 Å². The van der Waals surface area contributed by atoms with Crippen LogP contribution >= 0.6 is 0 Å². The van der Waals surface area contributed by atoms with Crippen LogP contribution in [0.15, 0.2) is 12.1 Å². The summed E-state index contributed by atoms with van der Waals surface area (Å²) in [5.41, 5.74) is 11.1. The number of aryl methyl sites for hydroxylation is 3. The molecular weight excluding hydrogens is 196 g/mol. The first-order valence-corrected chi connectivity index (χ1v) is 6.03. The summed E-state index contributed by atoms with van der Waals surface area (Å²) in [5, 5.41) is 0. The van der Waals surface area contributed by atoms with Gasteiger partial charge in [-0.15, -0.1) is 0 Å². The van der Waals surface area contributed by atoms with Crippen molar-refractivity contribution in [2.75, 3.05) is 25.5 Å². The van der Waals surface area contributed by atoms with Crippen molar-refractivity contribution in [3.8, 4) is 0 Å². The number of nitrogens with two attached hydrogens (primary N) is 1. The van der Waals surface area contributed by atoms with E-state index in [0.717, 1.165) is 19.4 Å². The molecule has 0 spiro atoms. The Balaban J connectivity index is 2.91. The Bertz CT molecular complexity index is 343. The summed E-state index contributed by atoms with van der Waals surface area (Å²) >= 11 is 0. The molecule has 0 aliphatic rings. The summed E-state index contributed by atoms with van der Waals surface area (Å²) in [7, 11) is 4.22. The number of benzene rings is 1. The highest BCUT2D eigenvalue weighted by molar-refractivity contribution is 5.56. The average molecular weight is 220 g/mol. The van der Waals surface area contributed by atoms with Crippen molar-refractivity contribution in [3.05, 3.63) is 28.8 Å². The highest BCUT2D eigenvalue weighted by Crippen LogP contribution is 2.24. The maximum absolute atomic E-state index is 5.53. The van der Waals surface area contributed by atoms with Gasteiger partial charge >= 0.3 is 0 Å². The number of unbranched alkanes of at least 4 members (excludes halogenated alkanes) is 1. The number of hydrogen-bond acceptors (Lipinski definition) is 2. The summed E-state index contributed by atoms with van der Waals surface area (Å²) in [5.74, 6) is 0. The molecule has 1 aromatic rings. The van der Waals surface area contributed by atoms with E-state index in [-0.39, 0.29) is 0 Å². The first-order chi connectivity index (χ1) is 7.56. The van der Waals surface area contributed by atoms with Gasteiger partial charge in [0.05, 0.1) is 0 Å². The molecule has 0 fully saturated rings. The van der Waals surface area contributed by atoms with Gasteiger partial charge in [-0.3, -0.25) is 0 Å². The van der Waals surface area contributed by atoms with Gasteiger partial charge in [-0.1, -0.05) is 6.07 Å². The van der Waals surface area contributed by atoms with Gasteiger partial charge in [0.15, 0.2) is 0 Å². The lowest BCUT2D eigenvalue weighted by molar-refractivity contribution is 0.743. The van der Waals surface area contributed by atoms with E-state index in [1.165, 1.54) is 28.8 Å². The minimum atomic E-state index is 0.794. The molecule has 16 heavy (non-hydrogen) atoms. The Hall–Kier alpha value is -1.02. The SMILES string of the molecule is Cc1cc(CCCCN)c(N(C)C)cc1C. The predicted molar refractivity (Wildman–Crippen MR) is 72.2 cm³/mol. The molecular formula is C14H24N2. The van der Waals surface area contributed by atoms with E-state index >= 15 is 0 Å². The molecule has 0 radical (unpaired) electrons. The van der Waals surface area contributed by atoms with Crippen LogP contribution in [0.2, 0.25) is 0 Å². The molecule has 1 rings (SSSR count). The summed E-state index contributed by atoms with van der Waals surface area (Å²) < 4.78 is 0. The number of nitrogens with zero attached hydrogens (tertiary/aromatic N) is 1. The van der Waals surface area contributed by atoms with E-state index < -0.39 is 0 Å². The van der Waals surface area contributed by atoms with E-state index in [9.17, 15) is 0 Å². The third-order valence-corrected chi connectivity index (χ3v) is 3.08. The molecule has 0 heterocycles. The molecule has 2 heteroatoms. The maximum Gasteiger partial charge on any atom is 0.0396 e. The van der Waals surface area contributed by atoms with Crippen molar-refractivity contribution in [2.24, 2.45) is 5.73 Å². The van der Waals surface area contributed by atoms with Crippen LogP contribution in [0.25, 0.3) is 0 Å². The molecule has 0 amide bonds. The zero-order chi connectivity index (χ0) is 12.1. The van der Waals surface area contributed by atoms with Gasteiger partial charge in [-0.25, -0.2) is 0 Å². The molecule has 2 nitrogen and oxygen atoms in total.